The summed E-state index contributed by atoms with van der Waals surface area (Å²) in [5.74, 6) is 0.962. The minimum Gasteiger partial charge on any atom is -0.368 e. The smallest absolute Gasteiger partial charge is 0.260 e. The maximum atomic E-state index is 12.2. The van der Waals surface area contributed by atoms with E-state index in [9.17, 15) is 4.79 Å². The molecule has 3 aromatic heterocycles. The molecule has 8 nitrogen and oxygen atoms in total. The first-order chi connectivity index (χ1) is 13.2. The lowest BCUT2D eigenvalue weighted by Crippen LogP contribution is -2.47. The lowest BCUT2D eigenvalue weighted by Gasteiger charge is -2.36. The fourth-order valence-corrected chi connectivity index (χ4v) is 3.56. The number of benzene rings is 1. The van der Waals surface area contributed by atoms with Crippen molar-refractivity contribution in [2.45, 2.75) is 0 Å². The van der Waals surface area contributed by atoms with Gasteiger partial charge in [-0.05, 0) is 30.3 Å². The summed E-state index contributed by atoms with van der Waals surface area (Å²) in [7, 11) is 1.72. The summed E-state index contributed by atoms with van der Waals surface area (Å²) in [4.78, 5) is 25.4. The number of aryl methyl sites for hydroxylation is 1. The molecule has 136 valence electrons. The summed E-state index contributed by atoms with van der Waals surface area (Å²) in [6.45, 7) is 3.55. The first-order valence-corrected chi connectivity index (χ1v) is 8.95. The largest absolute Gasteiger partial charge is 0.368 e. The third-order valence-corrected chi connectivity index (χ3v) is 5.11. The molecule has 4 aromatic rings. The van der Waals surface area contributed by atoms with E-state index in [0.29, 0.717) is 5.39 Å². The van der Waals surface area contributed by atoms with Crippen LogP contribution in [0.3, 0.4) is 0 Å². The van der Waals surface area contributed by atoms with Gasteiger partial charge in [-0.25, -0.2) is 14.5 Å². The molecule has 0 unspecified atom stereocenters. The van der Waals surface area contributed by atoms with E-state index in [4.69, 9.17) is 0 Å². The van der Waals surface area contributed by atoms with Gasteiger partial charge in [0.2, 0.25) is 0 Å². The third-order valence-electron chi connectivity index (χ3n) is 5.11. The topological polar surface area (TPSA) is 71.6 Å². The van der Waals surface area contributed by atoms with E-state index in [1.165, 1.54) is 4.57 Å². The Morgan fingerprint density at radius 3 is 2.63 bits per heavy atom. The molecule has 4 heterocycles. The minimum atomic E-state index is -0.0164. The van der Waals surface area contributed by atoms with Gasteiger partial charge in [0.1, 0.15) is 5.82 Å². The molecule has 0 amide bonds. The van der Waals surface area contributed by atoms with Crippen LogP contribution >= 0.6 is 0 Å². The van der Waals surface area contributed by atoms with Crippen molar-refractivity contribution in [1.82, 2.24) is 24.1 Å². The van der Waals surface area contributed by atoms with Gasteiger partial charge in [0, 0.05) is 51.3 Å². The van der Waals surface area contributed by atoms with Gasteiger partial charge in [-0.2, -0.15) is 0 Å². The first-order valence-electron chi connectivity index (χ1n) is 8.95. The molecule has 1 saturated heterocycles. The highest BCUT2D eigenvalue weighted by Crippen LogP contribution is 2.22. The van der Waals surface area contributed by atoms with Crippen LogP contribution in [0, 0.1) is 0 Å². The molecule has 1 fully saturated rings. The number of imidazole rings is 1. The number of hydrogen-bond donors (Lipinski definition) is 0. The molecule has 27 heavy (non-hydrogen) atoms. The van der Waals surface area contributed by atoms with Crippen molar-refractivity contribution >= 4 is 28.1 Å². The second-order valence-corrected chi connectivity index (χ2v) is 6.76. The van der Waals surface area contributed by atoms with Gasteiger partial charge < -0.3 is 14.4 Å². The first kappa shape index (κ1) is 15.8. The Hall–Kier alpha value is -3.42. The van der Waals surface area contributed by atoms with Crippen molar-refractivity contribution in [3.8, 4) is 0 Å². The maximum absolute atomic E-state index is 12.2. The Labute approximate surface area is 155 Å². The van der Waals surface area contributed by atoms with Crippen molar-refractivity contribution < 1.29 is 0 Å². The zero-order chi connectivity index (χ0) is 18.4. The summed E-state index contributed by atoms with van der Waals surface area (Å²) < 4.78 is 3.31. The van der Waals surface area contributed by atoms with Gasteiger partial charge in [0.25, 0.3) is 5.56 Å². The van der Waals surface area contributed by atoms with Crippen LogP contribution in [0.15, 0.2) is 53.8 Å². The van der Waals surface area contributed by atoms with Crippen LogP contribution in [-0.4, -0.2) is 50.3 Å². The van der Waals surface area contributed by atoms with Crippen molar-refractivity contribution in [3.63, 3.8) is 0 Å². The van der Waals surface area contributed by atoms with Crippen molar-refractivity contribution in [1.29, 1.82) is 0 Å². The normalized spacial score (nSPS) is 15.0. The Balaban J connectivity index is 1.36. The standard InChI is InChI=1S/C19H19N7O/c1-23-13-21-16-12-14(2-3-15(16)19(23)27)24-8-10-25(11-9-24)18-5-4-17-20-6-7-26(17)22-18/h2-7,12-13H,8-11H2,1H3. The Morgan fingerprint density at radius 1 is 0.963 bits per heavy atom. The number of piperazine rings is 1. The molecular weight excluding hydrogens is 342 g/mol. The molecule has 5 rings (SSSR count). The lowest BCUT2D eigenvalue weighted by molar-refractivity contribution is 0.642. The van der Waals surface area contributed by atoms with E-state index in [-0.39, 0.29) is 5.56 Å². The molecule has 0 radical (unpaired) electrons. The van der Waals surface area contributed by atoms with Crippen molar-refractivity contribution in [2.75, 3.05) is 36.0 Å². The van der Waals surface area contributed by atoms with Crippen molar-refractivity contribution in [3.05, 3.63) is 59.4 Å². The van der Waals surface area contributed by atoms with Gasteiger partial charge in [-0.15, -0.1) is 5.10 Å². The monoisotopic (exact) mass is 361 g/mol. The number of nitrogens with zero attached hydrogens (tertiary/aromatic N) is 7. The predicted molar refractivity (Wildman–Crippen MR) is 104 cm³/mol. The van der Waals surface area contributed by atoms with E-state index in [2.05, 4.69) is 24.9 Å². The van der Waals surface area contributed by atoms with E-state index in [1.54, 1.807) is 24.1 Å². The molecule has 0 N–H and O–H groups in total. The summed E-state index contributed by atoms with van der Waals surface area (Å²) in [5, 5.41) is 5.28. The van der Waals surface area contributed by atoms with Gasteiger partial charge >= 0.3 is 0 Å². The van der Waals surface area contributed by atoms with Crippen LogP contribution in [-0.2, 0) is 7.05 Å². The van der Waals surface area contributed by atoms with Gasteiger partial charge in [0.05, 0.1) is 17.2 Å². The molecule has 0 saturated carbocycles. The SMILES string of the molecule is Cn1cnc2cc(N3CCN(c4ccc5nccn5n4)CC3)ccc2c1=O. The molecular formula is C19H19N7O. The fraction of sp³-hybridized carbons (Fsp3) is 0.263. The number of hydrogen-bond acceptors (Lipinski definition) is 6. The number of anilines is 2. The highest BCUT2D eigenvalue weighted by Gasteiger charge is 2.19. The minimum absolute atomic E-state index is 0.0164. The molecule has 1 aromatic carbocycles. The maximum Gasteiger partial charge on any atom is 0.260 e. The highest BCUT2D eigenvalue weighted by atomic mass is 16.1. The lowest BCUT2D eigenvalue weighted by atomic mass is 10.2. The van der Waals surface area contributed by atoms with Crippen LogP contribution in [0.25, 0.3) is 16.6 Å². The van der Waals surface area contributed by atoms with Crippen LogP contribution in [0.4, 0.5) is 11.5 Å². The Kier molecular flexibility index (Phi) is 3.56. The van der Waals surface area contributed by atoms with E-state index >= 15 is 0 Å². The van der Waals surface area contributed by atoms with Crippen LogP contribution in [0.1, 0.15) is 0 Å². The van der Waals surface area contributed by atoms with Gasteiger partial charge in [0.15, 0.2) is 5.65 Å². The van der Waals surface area contributed by atoms with Gasteiger partial charge in [-0.3, -0.25) is 4.79 Å². The van der Waals surface area contributed by atoms with E-state index in [0.717, 1.165) is 48.8 Å². The molecule has 0 atom stereocenters. The predicted octanol–water partition coefficient (Wildman–Crippen LogP) is 1.30. The average molecular weight is 361 g/mol. The zero-order valence-corrected chi connectivity index (χ0v) is 15.0. The number of fused-ring (bicyclic) bond motifs is 2. The van der Waals surface area contributed by atoms with E-state index in [1.807, 2.05) is 36.5 Å². The summed E-state index contributed by atoms with van der Waals surface area (Å²) in [6, 6.07) is 9.90. The van der Waals surface area contributed by atoms with E-state index < -0.39 is 0 Å². The van der Waals surface area contributed by atoms with Crippen molar-refractivity contribution in [2.24, 2.45) is 7.05 Å². The summed E-state index contributed by atoms with van der Waals surface area (Å²) in [6.07, 6.45) is 5.19. The second-order valence-electron chi connectivity index (χ2n) is 6.76. The summed E-state index contributed by atoms with van der Waals surface area (Å²) >= 11 is 0. The Morgan fingerprint density at radius 2 is 1.78 bits per heavy atom. The molecule has 0 aliphatic carbocycles. The van der Waals surface area contributed by atoms with Crippen LogP contribution in [0.2, 0.25) is 0 Å². The van der Waals surface area contributed by atoms with Crippen LogP contribution < -0.4 is 15.4 Å². The fourth-order valence-electron chi connectivity index (χ4n) is 3.56. The Bertz CT molecular complexity index is 1190. The molecule has 1 aliphatic heterocycles. The number of rotatable bonds is 2. The number of aromatic nitrogens is 5. The molecule has 0 spiro atoms. The summed E-state index contributed by atoms with van der Waals surface area (Å²) in [5.41, 5.74) is 2.68. The van der Waals surface area contributed by atoms with Gasteiger partial charge in [-0.1, -0.05) is 0 Å². The molecule has 0 bridgehead atoms. The third kappa shape index (κ3) is 2.69. The second kappa shape index (κ2) is 6.08. The highest BCUT2D eigenvalue weighted by molar-refractivity contribution is 5.81. The molecule has 1 aliphatic rings. The zero-order valence-electron chi connectivity index (χ0n) is 15.0. The molecule has 8 heteroatoms. The van der Waals surface area contributed by atoms with Crippen LogP contribution in [0.5, 0.6) is 0 Å². The average Bonchev–Trinajstić information content (AvgIpc) is 3.18. The quantitative estimate of drug-likeness (QED) is 0.536.